The Balaban J connectivity index is 1.34. The smallest absolute Gasteiger partial charge is 0.127 e. The number of para-hydroxylation sites is 1. The Bertz CT molecular complexity index is 874. The molecule has 5 rings (SSSR count). The van der Waals surface area contributed by atoms with Crippen LogP contribution in [0.4, 0.5) is 5.69 Å². The van der Waals surface area contributed by atoms with Crippen molar-refractivity contribution in [1.82, 2.24) is 4.90 Å². The van der Waals surface area contributed by atoms with Gasteiger partial charge in [0, 0.05) is 24.8 Å². The van der Waals surface area contributed by atoms with Gasteiger partial charge in [0.15, 0.2) is 0 Å². The predicted molar refractivity (Wildman–Crippen MR) is 113 cm³/mol. The van der Waals surface area contributed by atoms with Crippen molar-refractivity contribution in [1.29, 1.82) is 5.26 Å². The maximum absolute atomic E-state index is 9.94. The maximum Gasteiger partial charge on any atom is 0.127 e. The second-order valence-electron chi connectivity index (χ2n) is 8.82. The third-order valence-electron chi connectivity index (χ3n) is 7.25. The molecule has 1 fully saturated rings. The van der Waals surface area contributed by atoms with Crippen molar-refractivity contribution in [2.24, 2.45) is 0 Å². The van der Waals surface area contributed by atoms with Gasteiger partial charge in [-0.1, -0.05) is 36.4 Å². The SMILES string of the molecule is N#CC1(Nc2ccccc2)CCN([C@@H]2CC[C@@H]3CCCc4cccc2c43)CC1. The molecule has 144 valence electrons. The first-order valence-electron chi connectivity index (χ1n) is 10.9. The van der Waals surface area contributed by atoms with E-state index in [2.05, 4.69) is 46.6 Å². The third-order valence-corrected chi connectivity index (χ3v) is 7.25. The molecule has 2 aliphatic carbocycles. The minimum Gasteiger partial charge on any atom is -0.367 e. The van der Waals surface area contributed by atoms with Crippen molar-refractivity contribution in [3.8, 4) is 6.07 Å². The molecule has 0 spiro atoms. The number of hydrogen-bond donors (Lipinski definition) is 1. The lowest BCUT2D eigenvalue weighted by Crippen LogP contribution is -2.49. The summed E-state index contributed by atoms with van der Waals surface area (Å²) in [6.45, 7) is 1.98. The van der Waals surface area contributed by atoms with Crippen LogP contribution in [0.1, 0.15) is 67.2 Å². The summed E-state index contributed by atoms with van der Waals surface area (Å²) >= 11 is 0. The number of nitriles is 1. The second kappa shape index (κ2) is 7.26. The summed E-state index contributed by atoms with van der Waals surface area (Å²) in [5.41, 5.74) is 5.49. The summed E-state index contributed by atoms with van der Waals surface area (Å²) in [5.74, 6) is 0.791. The molecule has 0 radical (unpaired) electrons. The number of hydrogen-bond acceptors (Lipinski definition) is 3. The van der Waals surface area contributed by atoms with E-state index in [0.717, 1.165) is 37.5 Å². The number of likely N-dealkylation sites (tertiary alicyclic amines) is 1. The van der Waals surface area contributed by atoms with Gasteiger partial charge in [0.2, 0.25) is 0 Å². The van der Waals surface area contributed by atoms with Gasteiger partial charge >= 0.3 is 0 Å². The first kappa shape index (κ1) is 17.8. The lowest BCUT2D eigenvalue weighted by atomic mass is 9.71. The summed E-state index contributed by atoms with van der Waals surface area (Å²) in [6.07, 6.45) is 8.34. The van der Waals surface area contributed by atoms with Crippen LogP contribution >= 0.6 is 0 Å². The highest BCUT2D eigenvalue weighted by atomic mass is 15.2. The van der Waals surface area contributed by atoms with Gasteiger partial charge in [0.25, 0.3) is 0 Å². The molecule has 0 aromatic heterocycles. The lowest BCUT2D eigenvalue weighted by Gasteiger charge is -2.45. The molecule has 0 saturated carbocycles. The summed E-state index contributed by atoms with van der Waals surface area (Å²) < 4.78 is 0. The van der Waals surface area contributed by atoms with Crippen LogP contribution in [0.5, 0.6) is 0 Å². The average molecular weight is 372 g/mol. The van der Waals surface area contributed by atoms with Crippen molar-refractivity contribution in [2.75, 3.05) is 18.4 Å². The standard InChI is InChI=1S/C25H29N3/c26-18-25(27-21-9-2-1-3-10-21)14-16-28(17-15-25)23-13-12-20-7-4-6-19-8-5-11-22(23)24(19)20/h1-3,5,8-11,20,23,27H,4,6-7,12-17H2/t20-,23+/m0/s1. The quantitative estimate of drug-likeness (QED) is 0.784. The van der Waals surface area contributed by atoms with Crippen molar-refractivity contribution in [3.63, 3.8) is 0 Å². The molecule has 1 saturated heterocycles. The first-order valence-corrected chi connectivity index (χ1v) is 10.9. The lowest BCUT2D eigenvalue weighted by molar-refractivity contribution is 0.124. The minimum absolute atomic E-state index is 0.439. The van der Waals surface area contributed by atoms with Gasteiger partial charge in [-0.15, -0.1) is 0 Å². The van der Waals surface area contributed by atoms with Gasteiger partial charge < -0.3 is 5.32 Å². The topological polar surface area (TPSA) is 39.1 Å². The van der Waals surface area contributed by atoms with E-state index < -0.39 is 5.54 Å². The maximum atomic E-state index is 9.94. The fraction of sp³-hybridized carbons (Fsp3) is 0.480. The Morgan fingerprint density at radius 3 is 2.57 bits per heavy atom. The summed E-state index contributed by atoms with van der Waals surface area (Å²) in [7, 11) is 0. The molecule has 2 aromatic carbocycles. The molecule has 3 nitrogen and oxygen atoms in total. The van der Waals surface area contributed by atoms with Gasteiger partial charge in [0.05, 0.1) is 6.07 Å². The highest BCUT2D eigenvalue weighted by Gasteiger charge is 2.39. The molecular weight excluding hydrogens is 342 g/mol. The van der Waals surface area contributed by atoms with Crippen LogP contribution in [0.3, 0.4) is 0 Å². The molecule has 1 aliphatic heterocycles. The number of nitrogens with zero attached hydrogens (tertiary/aromatic N) is 2. The number of aryl methyl sites for hydroxylation is 1. The largest absolute Gasteiger partial charge is 0.367 e. The molecular formula is C25H29N3. The summed E-state index contributed by atoms with van der Waals surface area (Å²) in [5, 5.41) is 13.5. The van der Waals surface area contributed by atoms with E-state index >= 15 is 0 Å². The molecule has 1 heterocycles. The van der Waals surface area contributed by atoms with Crippen LogP contribution in [0, 0.1) is 11.3 Å². The molecule has 3 aliphatic rings. The van der Waals surface area contributed by atoms with Crippen molar-refractivity contribution in [3.05, 3.63) is 65.2 Å². The zero-order valence-electron chi connectivity index (χ0n) is 16.5. The van der Waals surface area contributed by atoms with E-state index in [1.54, 1.807) is 16.7 Å². The Labute approximate surface area is 168 Å². The number of nitrogens with one attached hydrogen (secondary N) is 1. The summed E-state index contributed by atoms with van der Waals surface area (Å²) in [6, 6.07) is 20.3. The van der Waals surface area contributed by atoms with Crippen molar-refractivity contribution in [2.45, 2.75) is 62.4 Å². The van der Waals surface area contributed by atoms with E-state index in [9.17, 15) is 5.26 Å². The van der Waals surface area contributed by atoms with E-state index in [0.29, 0.717) is 6.04 Å². The van der Waals surface area contributed by atoms with E-state index in [1.807, 2.05) is 18.2 Å². The molecule has 28 heavy (non-hydrogen) atoms. The Morgan fingerprint density at radius 2 is 1.79 bits per heavy atom. The van der Waals surface area contributed by atoms with E-state index in [4.69, 9.17) is 0 Å². The number of anilines is 1. The molecule has 0 unspecified atom stereocenters. The molecule has 3 heteroatoms. The Hall–Kier alpha value is -2.31. The van der Waals surface area contributed by atoms with Crippen LogP contribution in [-0.4, -0.2) is 23.5 Å². The highest BCUT2D eigenvalue weighted by molar-refractivity contribution is 5.48. The van der Waals surface area contributed by atoms with Crippen LogP contribution in [0.15, 0.2) is 48.5 Å². The van der Waals surface area contributed by atoms with Crippen LogP contribution in [0.2, 0.25) is 0 Å². The van der Waals surface area contributed by atoms with Gasteiger partial charge in [-0.3, -0.25) is 4.90 Å². The van der Waals surface area contributed by atoms with E-state index in [1.165, 1.54) is 32.1 Å². The summed E-state index contributed by atoms with van der Waals surface area (Å²) in [4.78, 5) is 2.66. The van der Waals surface area contributed by atoms with Gasteiger partial charge in [-0.25, -0.2) is 0 Å². The normalized spacial score (nSPS) is 26.1. The fourth-order valence-corrected chi connectivity index (χ4v) is 5.79. The zero-order valence-corrected chi connectivity index (χ0v) is 16.5. The van der Waals surface area contributed by atoms with E-state index in [-0.39, 0.29) is 0 Å². The van der Waals surface area contributed by atoms with Gasteiger partial charge in [0.1, 0.15) is 5.54 Å². The number of benzene rings is 2. The highest BCUT2D eigenvalue weighted by Crippen LogP contribution is 2.47. The van der Waals surface area contributed by atoms with Crippen LogP contribution in [-0.2, 0) is 6.42 Å². The first-order chi connectivity index (χ1) is 13.8. The minimum atomic E-state index is -0.439. The van der Waals surface area contributed by atoms with Crippen LogP contribution in [0.25, 0.3) is 0 Å². The molecule has 2 atom stereocenters. The molecule has 1 N–H and O–H groups in total. The monoisotopic (exact) mass is 371 g/mol. The fourth-order valence-electron chi connectivity index (χ4n) is 5.79. The zero-order chi connectivity index (χ0) is 19.0. The molecule has 0 amide bonds. The van der Waals surface area contributed by atoms with Gasteiger partial charge in [-0.05, 0) is 79.7 Å². The van der Waals surface area contributed by atoms with Gasteiger partial charge in [-0.2, -0.15) is 5.26 Å². The molecule has 2 aromatic rings. The number of rotatable bonds is 3. The molecule has 0 bridgehead atoms. The second-order valence-corrected chi connectivity index (χ2v) is 8.82. The predicted octanol–water partition coefficient (Wildman–Crippen LogP) is 5.41. The number of piperidine rings is 1. The third kappa shape index (κ3) is 3.10. The average Bonchev–Trinajstić information content (AvgIpc) is 2.76. The Morgan fingerprint density at radius 1 is 0.964 bits per heavy atom. The Kier molecular flexibility index (Phi) is 4.61. The van der Waals surface area contributed by atoms with Crippen molar-refractivity contribution < 1.29 is 0 Å². The van der Waals surface area contributed by atoms with Crippen molar-refractivity contribution >= 4 is 5.69 Å². The van der Waals surface area contributed by atoms with Crippen LogP contribution < -0.4 is 5.32 Å².